The number of carbonyl (C=O) groups is 2. The summed E-state index contributed by atoms with van der Waals surface area (Å²) in [4.78, 5) is 22.9. The molecule has 0 saturated heterocycles. The first-order chi connectivity index (χ1) is 10.0. The predicted octanol–water partition coefficient (Wildman–Crippen LogP) is 2.75. The minimum atomic E-state index is -0.411. The van der Waals surface area contributed by atoms with Crippen molar-refractivity contribution in [2.75, 3.05) is 6.61 Å². The molecule has 5 nitrogen and oxygen atoms in total. The maximum atomic E-state index is 11.5. The second kappa shape index (κ2) is 9.23. The van der Waals surface area contributed by atoms with Crippen molar-refractivity contribution >= 4 is 23.4 Å². The minimum Gasteiger partial charge on any atom is -0.484 e. The second-order valence-corrected chi connectivity index (χ2v) is 5.16. The van der Waals surface area contributed by atoms with Crippen LogP contribution in [0.1, 0.15) is 38.2 Å². The quantitative estimate of drug-likeness (QED) is 0.601. The standard InChI is InChI=1S/C15H21ClN2O3/c1-3-4-5-6-14(19)17-18-15(20)10-21-12-7-8-13(16)11(2)9-12/h7-9H,3-6,10H2,1-2H3,(H,17,19)(H,18,20). The molecule has 21 heavy (non-hydrogen) atoms. The summed E-state index contributed by atoms with van der Waals surface area (Å²) in [6.07, 6.45) is 3.28. The largest absolute Gasteiger partial charge is 0.484 e. The van der Waals surface area contributed by atoms with E-state index in [1.54, 1.807) is 18.2 Å². The average Bonchev–Trinajstić information content (AvgIpc) is 2.46. The number of nitrogens with one attached hydrogen (secondary N) is 2. The summed E-state index contributed by atoms with van der Waals surface area (Å²) >= 11 is 5.90. The van der Waals surface area contributed by atoms with E-state index in [4.69, 9.17) is 16.3 Å². The summed E-state index contributed by atoms with van der Waals surface area (Å²) in [7, 11) is 0. The van der Waals surface area contributed by atoms with Crippen LogP contribution in [0, 0.1) is 6.92 Å². The van der Waals surface area contributed by atoms with Crippen molar-refractivity contribution in [1.82, 2.24) is 10.9 Å². The number of rotatable bonds is 7. The van der Waals surface area contributed by atoms with Gasteiger partial charge >= 0.3 is 0 Å². The monoisotopic (exact) mass is 312 g/mol. The highest BCUT2D eigenvalue weighted by Gasteiger charge is 2.06. The summed E-state index contributed by atoms with van der Waals surface area (Å²) < 4.78 is 5.31. The number of halogens is 1. The van der Waals surface area contributed by atoms with E-state index in [1.807, 2.05) is 6.92 Å². The topological polar surface area (TPSA) is 67.4 Å². The fraction of sp³-hybridized carbons (Fsp3) is 0.467. The van der Waals surface area contributed by atoms with Gasteiger partial charge in [-0.3, -0.25) is 20.4 Å². The SMILES string of the molecule is CCCCCC(=O)NNC(=O)COc1ccc(Cl)c(C)c1. The first-order valence-electron chi connectivity index (χ1n) is 6.99. The molecule has 0 aromatic heterocycles. The van der Waals surface area contributed by atoms with E-state index < -0.39 is 5.91 Å². The second-order valence-electron chi connectivity index (χ2n) is 4.75. The molecule has 6 heteroatoms. The van der Waals surface area contributed by atoms with Crippen molar-refractivity contribution in [3.8, 4) is 5.75 Å². The fourth-order valence-electron chi connectivity index (χ4n) is 1.63. The third kappa shape index (κ3) is 6.99. The smallest absolute Gasteiger partial charge is 0.276 e. The molecule has 0 fully saturated rings. The number of carbonyl (C=O) groups excluding carboxylic acids is 2. The molecule has 0 bridgehead atoms. The molecule has 2 N–H and O–H groups in total. The van der Waals surface area contributed by atoms with Crippen LogP contribution in [0.2, 0.25) is 5.02 Å². The molecular formula is C15H21ClN2O3. The Hall–Kier alpha value is -1.75. The van der Waals surface area contributed by atoms with Crippen molar-refractivity contribution in [2.45, 2.75) is 39.5 Å². The Morgan fingerprint density at radius 2 is 1.90 bits per heavy atom. The molecule has 0 saturated carbocycles. The van der Waals surface area contributed by atoms with Crippen molar-refractivity contribution in [3.63, 3.8) is 0 Å². The number of ether oxygens (including phenoxy) is 1. The number of hydrogen-bond acceptors (Lipinski definition) is 3. The van der Waals surface area contributed by atoms with Gasteiger partial charge in [-0.25, -0.2) is 0 Å². The normalized spacial score (nSPS) is 10.0. The minimum absolute atomic E-state index is 0.170. The Morgan fingerprint density at radius 1 is 1.19 bits per heavy atom. The summed E-state index contributed by atoms with van der Waals surface area (Å²) in [5.74, 6) is -0.0492. The number of hydrazine groups is 1. The molecule has 2 amide bonds. The van der Waals surface area contributed by atoms with Crippen LogP contribution < -0.4 is 15.6 Å². The first-order valence-corrected chi connectivity index (χ1v) is 7.37. The van der Waals surface area contributed by atoms with Gasteiger partial charge in [0, 0.05) is 11.4 Å². The van der Waals surface area contributed by atoms with E-state index >= 15 is 0 Å². The average molecular weight is 313 g/mol. The number of benzene rings is 1. The summed E-state index contributed by atoms with van der Waals surface area (Å²) in [6, 6.07) is 5.14. The van der Waals surface area contributed by atoms with Crippen molar-refractivity contribution in [2.24, 2.45) is 0 Å². The van der Waals surface area contributed by atoms with Crippen molar-refractivity contribution < 1.29 is 14.3 Å². The van der Waals surface area contributed by atoms with E-state index in [2.05, 4.69) is 17.8 Å². The highest BCUT2D eigenvalue weighted by atomic mass is 35.5. The molecule has 0 heterocycles. The van der Waals surface area contributed by atoms with Gasteiger partial charge in [-0.05, 0) is 37.1 Å². The van der Waals surface area contributed by atoms with E-state index in [1.165, 1.54) is 0 Å². The van der Waals surface area contributed by atoms with Gasteiger partial charge in [-0.1, -0.05) is 31.4 Å². The molecule has 116 valence electrons. The zero-order valence-corrected chi connectivity index (χ0v) is 13.1. The first kappa shape index (κ1) is 17.3. The van der Waals surface area contributed by atoms with Crippen LogP contribution in [0.25, 0.3) is 0 Å². The lowest BCUT2D eigenvalue weighted by molar-refractivity contribution is -0.130. The van der Waals surface area contributed by atoms with Gasteiger partial charge in [0.25, 0.3) is 5.91 Å². The van der Waals surface area contributed by atoms with Gasteiger partial charge in [0.1, 0.15) is 5.75 Å². The zero-order valence-electron chi connectivity index (χ0n) is 12.4. The van der Waals surface area contributed by atoms with Crippen LogP contribution in [0.4, 0.5) is 0 Å². The van der Waals surface area contributed by atoms with Crippen LogP contribution in [0.3, 0.4) is 0 Å². The highest BCUT2D eigenvalue weighted by molar-refractivity contribution is 6.31. The lowest BCUT2D eigenvalue weighted by Gasteiger charge is -2.09. The van der Waals surface area contributed by atoms with Gasteiger partial charge in [0.2, 0.25) is 5.91 Å². The number of aryl methyl sites for hydroxylation is 1. The van der Waals surface area contributed by atoms with Gasteiger partial charge in [0.15, 0.2) is 6.61 Å². The Bertz CT molecular complexity index is 492. The van der Waals surface area contributed by atoms with E-state index in [9.17, 15) is 9.59 Å². The summed E-state index contributed by atoms with van der Waals surface area (Å²) in [5.41, 5.74) is 5.55. The number of unbranched alkanes of at least 4 members (excludes halogenated alkanes) is 2. The van der Waals surface area contributed by atoms with Crippen LogP contribution in [-0.2, 0) is 9.59 Å². The molecular weight excluding hydrogens is 292 g/mol. The molecule has 1 rings (SSSR count). The lowest BCUT2D eigenvalue weighted by atomic mass is 10.2. The number of amides is 2. The van der Waals surface area contributed by atoms with Crippen LogP contribution in [-0.4, -0.2) is 18.4 Å². The Morgan fingerprint density at radius 3 is 2.57 bits per heavy atom. The van der Waals surface area contributed by atoms with Crippen molar-refractivity contribution in [1.29, 1.82) is 0 Å². The summed E-state index contributed by atoms with van der Waals surface area (Å²) in [6.45, 7) is 3.75. The van der Waals surface area contributed by atoms with Gasteiger partial charge < -0.3 is 4.74 Å². The van der Waals surface area contributed by atoms with Crippen LogP contribution in [0.15, 0.2) is 18.2 Å². The summed E-state index contributed by atoms with van der Waals surface area (Å²) in [5, 5.41) is 0.645. The fourth-order valence-corrected chi connectivity index (χ4v) is 1.75. The Balaban J connectivity index is 2.24. The maximum absolute atomic E-state index is 11.5. The Labute approximate surface area is 130 Å². The third-order valence-corrected chi connectivity index (χ3v) is 3.27. The van der Waals surface area contributed by atoms with Gasteiger partial charge in [-0.2, -0.15) is 0 Å². The van der Waals surface area contributed by atoms with E-state index in [0.717, 1.165) is 24.8 Å². The molecule has 0 aliphatic heterocycles. The predicted molar refractivity (Wildman–Crippen MR) is 82.1 cm³/mol. The van der Waals surface area contributed by atoms with E-state index in [0.29, 0.717) is 17.2 Å². The Kier molecular flexibility index (Phi) is 7.61. The lowest BCUT2D eigenvalue weighted by Crippen LogP contribution is -2.43. The molecule has 0 aliphatic carbocycles. The molecule has 0 aliphatic rings. The van der Waals surface area contributed by atoms with Crippen LogP contribution in [0.5, 0.6) is 5.75 Å². The maximum Gasteiger partial charge on any atom is 0.276 e. The zero-order chi connectivity index (χ0) is 15.7. The van der Waals surface area contributed by atoms with E-state index in [-0.39, 0.29) is 12.5 Å². The molecule has 0 atom stereocenters. The molecule has 0 unspecified atom stereocenters. The molecule has 0 spiro atoms. The third-order valence-electron chi connectivity index (χ3n) is 2.85. The van der Waals surface area contributed by atoms with Gasteiger partial charge in [-0.15, -0.1) is 0 Å². The van der Waals surface area contributed by atoms with Crippen LogP contribution >= 0.6 is 11.6 Å². The highest BCUT2D eigenvalue weighted by Crippen LogP contribution is 2.20. The molecule has 1 aromatic rings. The molecule has 1 aromatic carbocycles. The number of hydrogen-bond donors (Lipinski definition) is 2. The van der Waals surface area contributed by atoms with Crippen molar-refractivity contribution in [3.05, 3.63) is 28.8 Å². The van der Waals surface area contributed by atoms with Gasteiger partial charge in [0.05, 0.1) is 0 Å². The molecule has 0 radical (unpaired) electrons.